The molecule has 6 heterocycles. The number of aliphatic hydroxyl groups is 1. The molecule has 184 valence electrons. The van der Waals surface area contributed by atoms with Crippen LogP contribution in [0.15, 0.2) is 35.6 Å². The van der Waals surface area contributed by atoms with Crippen LogP contribution in [-0.4, -0.2) is 70.5 Å². The number of rotatable bonds is 6. The minimum atomic E-state index is -0.255. The van der Waals surface area contributed by atoms with E-state index in [0.29, 0.717) is 40.7 Å². The lowest BCUT2D eigenvalue weighted by molar-refractivity contribution is -0.117. The SMILES string of the molecule is O=C(CN1CCCC12CC2)Nc1cnc2c(c1)[nH]c(=O)c1c2nn2cc(-c3cnn(CCO)c3)sc12. The molecule has 11 nitrogen and oxygen atoms in total. The van der Waals surface area contributed by atoms with Gasteiger partial charge in [0.15, 0.2) is 0 Å². The fraction of sp³-hybridized carbons (Fsp3) is 0.375. The van der Waals surface area contributed by atoms with Gasteiger partial charge in [-0.3, -0.25) is 24.2 Å². The minimum Gasteiger partial charge on any atom is -0.394 e. The van der Waals surface area contributed by atoms with Crippen molar-refractivity contribution in [3.05, 3.63) is 41.2 Å². The summed E-state index contributed by atoms with van der Waals surface area (Å²) in [6.07, 6.45) is 11.8. The van der Waals surface area contributed by atoms with Gasteiger partial charge in [-0.15, -0.1) is 11.3 Å². The van der Waals surface area contributed by atoms with Crippen LogP contribution in [-0.2, 0) is 11.3 Å². The van der Waals surface area contributed by atoms with Crippen LogP contribution in [0.3, 0.4) is 0 Å². The summed E-state index contributed by atoms with van der Waals surface area (Å²) >= 11 is 1.45. The Morgan fingerprint density at radius 1 is 1.22 bits per heavy atom. The highest BCUT2D eigenvalue weighted by molar-refractivity contribution is 7.21. The van der Waals surface area contributed by atoms with Crippen LogP contribution in [0, 0.1) is 0 Å². The molecule has 2 aliphatic rings. The molecule has 5 aromatic heterocycles. The Morgan fingerprint density at radius 2 is 2.11 bits per heavy atom. The van der Waals surface area contributed by atoms with Gasteiger partial charge >= 0.3 is 0 Å². The average molecular weight is 505 g/mol. The van der Waals surface area contributed by atoms with Crippen molar-refractivity contribution in [3.8, 4) is 10.4 Å². The molecule has 0 unspecified atom stereocenters. The molecule has 0 radical (unpaired) electrons. The minimum absolute atomic E-state index is 0.0134. The maximum atomic E-state index is 13.1. The second-order valence-electron chi connectivity index (χ2n) is 9.66. The van der Waals surface area contributed by atoms with Crippen molar-refractivity contribution < 1.29 is 9.90 Å². The van der Waals surface area contributed by atoms with Crippen molar-refractivity contribution in [3.63, 3.8) is 0 Å². The third-order valence-corrected chi connectivity index (χ3v) is 8.48. The lowest BCUT2D eigenvalue weighted by Crippen LogP contribution is -2.38. The van der Waals surface area contributed by atoms with Gasteiger partial charge in [0.25, 0.3) is 5.56 Å². The van der Waals surface area contributed by atoms with Gasteiger partial charge in [-0.2, -0.15) is 10.2 Å². The number of thiazole rings is 1. The fourth-order valence-electron chi connectivity index (χ4n) is 5.39. The standard InChI is InChI=1S/C24H24N8O3S/c33-7-6-31-11-14(9-26-31)17-12-32-23(36-17)19-21(29-32)20-16(28-22(19)35)8-15(10-25-20)27-18(34)13-30-5-1-2-24(30)3-4-24/h8-12,33H,1-7,13H2,(H,27,34)(H,28,35). The van der Waals surface area contributed by atoms with Gasteiger partial charge in [0, 0.05) is 23.5 Å². The number of fused-ring (bicyclic) bond motifs is 5. The number of carbonyl (C=O) groups is 1. The smallest absolute Gasteiger partial charge is 0.261 e. The monoisotopic (exact) mass is 504 g/mol. The zero-order chi connectivity index (χ0) is 24.4. The molecule has 1 saturated carbocycles. The Kier molecular flexibility index (Phi) is 4.78. The molecular formula is C24H24N8O3S. The first-order valence-electron chi connectivity index (χ1n) is 12.1. The van der Waals surface area contributed by atoms with Gasteiger partial charge in [-0.1, -0.05) is 0 Å². The van der Waals surface area contributed by atoms with E-state index in [1.807, 2.05) is 12.4 Å². The second kappa shape index (κ2) is 7.95. The number of nitrogens with one attached hydrogen (secondary N) is 2. The zero-order valence-electron chi connectivity index (χ0n) is 19.4. The molecule has 1 aliphatic heterocycles. The topological polar surface area (TPSA) is 133 Å². The molecule has 0 aromatic carbocycles. The van der Waals surface area contributed by atoms with Crippen LogP contribution in [0.2, 0.25) is 0 Å². The number of H-pyrrole nitrogens is 1. The summed E-state index contributed by atoms with van der Waals surface area (Å²) in [5.74, 6) is -0.0647. The number of nitrogens with zero attached hydrogens (tertiary/aromatic N) is 6. The van der Waals surface area contributed by atoms with E-state index in [0.717, 1.165) is 28.2 Å². The van der Waals surface area contributed by atoms with E-state index in [-0.39, 0.29) is 23.6 Å². The van der Waals surface area contributed by atoms with Gasteiger partial charge in [-0.05, 0) is 38.3 Å². The quantitative estimate of drug-likeness (QED) is 0.323. The molecule has 12 heteroatoms. The summed E-state index contributed by atoms with van der Waals surface area (Å²) in [4.78, 5) is 37.2. The number of anilines is 1. The second-order valence-corrected chi connectivity index (χ2v) is 10.7. The predicted molar refractivity (Wildman–Crippen MR) is 136 cm³/mol. The van der Waals surface area contributed by atoms with Crippen LogP contribution in [0.25, 0.3) is 37.2 Å². The maximum Gasteiger partial charge on any atom is 0.261 e. The maximum absolute atomic E-state index is 13.1. The molecule has 1 spiro atoms. The highest BCUT2D eigenvalue weighted by Crippen LogP contribution is 2.49. The molecule has 3 N–H and O–H groups in total. The van der Waals surface area contributed by atoms with Crippen LogP contribution in [0.5, 0.6) is 0 Å². The number of aliphatic hydroxyl groups excluding tert-OH is 1. The Balaban J connectivity index is 1.19. The van der Waals surface area contributed by atoms with Crippen molar-refractivity contribution in [1.82, 2.24) is 34.3 Å². The number of likely N-dealkylation sites (tertiary alicyclic amines) is 1. The Hall–Kier alpha value is -3.61. The van der Waals surface area contributed by atoms with Gasteiger partial charge in [0.05, 0.1) is 48.2 Å². The number of amides is 1. The van der Waals surface area contributed by atoms with Crippen LogP contribution in [0.1, 0.15) is 25.7 Å². The number of hydrogen-bond donors (Lipinski definition) is 3. The first-order valence-corrected chi connectivity index (χ1v) is 12.9. The molecule has 1 aliphatic carbocycles. The predicted octanol–water partition coefficient (Wildman–Crippen LogP) is 2.21. The summed E-state index contributed by atoms with van der Waals surface area (Å²) in [5, 5.41) is 21.4. The van der Waals surface area contributed by atoms with Crippen molar-refractivity contribution in [2.45, 2.75) is 37.8 Å². The van der Waals surface area contributed by atoms with Crippen molar-refractivity contribution in [1.29, 1.82) is 0 Å². The first kappa shape index (κ1) is 21.7. The van der Waals surface area contributed by atoms with E-state index < -0.39 is 0 Å². The van der Waals surface area contributed by atoms with Gasteiger partial charge in [0.1, 0.15) is 21.3 Å². The molecule has 2 fully saturated rings. The van der Waals surface area contributed by atoms with Gasteiger partial charge in [0.2, 0.25) is 5.91 Å². The third-order valence-electron chi connectivity index (χ3n) is 7.33. The lowest BCUT2D eigenvalue weighted by Gasteiger charge is -2.23. The summed E-state index contributed by atoms with van der Waals surface area (Å²) < 4.78 is 3.37. The van der Waals surface area contributed by atoms with E-state index in [4.69, 9.17) is 5.11 Å². The fourth-order valence-corrected chi connectivity index (χ4v) is 6.46. The number of carbonyl (C=O) groups excluding carboxylic acids is 1. The molecule has 0 atom stereocenters. The average Bonchev–Trinajstić information content (AvgIpc) is 3.18. The van der Waals surface area contributed by atoms with E-state index in [1.54, 1.807) is 27.7 Å². The molecule has 7 rings (SSSR count). The van der Waals surface area contributed by atoms with Gasteiger partial charge < -0.3 is 15.4 Å². The zero-order valence-corrected chi connectivity index (χ0v) is 20.2. The number of pyridine rings is 2. The Morgan fingerprint density at radius 3 is 2.94 bits per heavy atom. The Labute approximate surface area is 208 Å². The summed E-state index contributed by atoms with van der Waals surface area (Å²) in [6.45, 7) is 1.79. The molecule has 1 amide bonds. The first-order chi connectivity index (χ1) is 17.5. The molecule has 36 heavy (non-hydrogen) atoms. The van der Waals surface area contributed by atoms with E-state index in [2.05, 4.69) is 30.4 Å². The molecule has 0 bridgehead atoms. The van der Waals surface area contributed by atoms with E-state index >= 15 is 0 Å². The summed E-state index contributed by atoms with van der Waals surface area (Å²) in [5.41, 5.74) is 3.08. The number of aromatic nitrogens is 6. The van der Waals surface area contributed by atoms with Crippen LogP contribution < -0.4 is 10.9 Å². The van der Waals surface area contributed by atoms with Crippen molar-refractivity contribution in [2.24, 2.45) is 0 Å². The van der Waals surface area contributed by atoms with Crippen molar-refractivity contribution in [2.75, 3.05) is 25.0 Å². The van der Waals surface area contributed by atoms with Gasteiger partial charge in [-0.25, -0.2) is 4.52 Å². The van der Waals surface area contributed by atoms with Crippen LogP contribution >= 0.6 is 11.3 Å². The molecule has 1 saturated heterocycles. The van der Waals surface area contributed by atoms with E-state index in [9.17, 15) is 9.59 Å². The number of hydrogen-bond acceptors (Lipinski definition) is 8. The van der Waals surface area contributed by atoms with E-state index in [1.165, 1.54) is 30.6 Å². The third kappa shape index (κ3) is 3.44. The highest BCUT2D eigenvalue weighted by atomic mass is 32.1. The number of aromatic amines is 1. The van der Waals surface area contributed by atoms with Crippen LogP contribution in [0.4, 0.5) is 5.69 Å². The summed E-state index contributed by atoms with van der Waals surface area (Å²) in [7, 11) is 0. The van der Waals surface area contributed by atoms with Crippen molar-refractivity contribution >= 4 is 49.7 Å². The Bertz CT molecular complexity index is 1710. The highest BCUT2D eigenvalue weighted by Gasteiger charge is 2.50. The summed E-state index contributed by atoms with van der Waals surface area (Å²) in [6, 6.07) is 1.74. The molecular weight excluding hydrogens is 480 g/mol. The molecule has 5 aromatic rings. The largest absolute Gasteiger partial charge is 0.394 e. The lowest BCUT2D eigenvalue weighted by atomic mass is 10.2. The normalized spacial score (nSPS) is 17.1.